The van der Waals surface area contributed by atoms with E-state index in [1.165, 1.54) is 0 Å². The third-order valence-corrected chi connectivity index (χ3v) is 1.57. The molecule has 0 saturated heterocycles. The molecule has 0 saturated carbocycles. The Morgan fingerprint density at radius 2 is 2.00 bits per heavy atom. The molecule has 2 heterocycles. The summed E-state index contributed by atoms with van der Waals surface area (Å²) in [6.07, 6.45) is 6.54. The van der Waals surface area contributed by atoms with Gasteiger partial charge in [0.15, 0.2) is 5.75 Å². The van der Waals surface area contributed by atoms with Gasteiger partial charge in [-0.1, -0.05) is 0 Å². The molecule has 4 heteroatoms. The maximum absolute atomic E-state index is 5.06. The molecule has 0 aliphatic heterocycles. The maximum Gasteiger partial charge on any atom is 0.164 e. The fourth-order valence-electron chi connectivity index (χ4n) is 1.02. The average molecular weight is 161 g/mol. The third-order valence-electron chi connectivity index (χ3n) is 1.57. The molecule has 0 spiro atoms. The lowest BCUT2D eigenvalue weighted by Gasteiger charge is -2.00. The van der Waals surface area contributed by atoms with Crippen LogP contribution in [0.15, 0.2) is 24.8 Å². The Morgan fingerprint density at radius 3 is 2.83 bits per heavy atom. The predicted octanol–water partition coefficient (Wildman–Crippen LogP) is 1.03. The topological polar surface area (TPSA) is 47.9 Å². The zero-order chi connectivity index (χ0) is 8.39. The molecule has 12 heavy (non-hydrogen) atoms. The Hall–Kier alpha value is -1.71. The van der Waals surface area contributed by atoms with Gasteiger partial charge in [0, 0.05) is 12.4 Å². The minimum absolute atomic E-state index is 0.653. The minimum atomic E-state index is 0.653. The van der Waals surface area contributed by atoms with Crippen molar-refractivity contribution in [2.75, 3.05) is 7.11 Å². The first-order chi connectivity index (χ1) is 5.92. The molecular weight excluding hydrogens is 154 g/mol. The van der Waals surface area contributed by atoms with E-state index in [0.29, 0.717) is 5.75 Å². The van der Waals surface area contributed by atoms with Crippen LogP contribution in [0.25, 0.3) is 11.0 Å². The Kier molecular flexibility index (Phi) is 1.59. The molecule has 0 N–H and O–H groups in total. The number of pyridine rings is 1. The van der Waals surface area contributed by atoms with E-state index in [0.717, 1.165) is 11.0 Å². The molecular formula is C8H7N3O. The molecule has 2 rings (SSSR count). The Bertz CT molecular complexity index is 397. The predicted molar refractivity (Wildman–Crippen MR) is 43.9 cm³/mol. The molecule has 0 unspecified atom stereocenters. The molecule has 0 atom stereocenters. The van der Waals surface area contributed by atoms with Gasteiger partial charge >= 0.3 is 0 Å². The van der Waals surface area contributed by atoms with Crippen molar-refractivity contribution in [1.29, 1.82) is 0 Å². The van der Waals surface area contributed by atoms with E-state index in [-0.39, 0.29) is 0 Å². The monoisotopic (exact) mass is 161 g/mol. The van der Waals surface area contributed by atoms with E-state index in [1.54, 1.807) is 31.9 Å². The average Bonchev–Trinajstić information content (AvgIpc) is 2.17. The van der Waals surface area contributed by atoms with Crippen LogP contribution in [-0.4, -0.2) is 22.1 Å². The summed E-state index contributed by atoms with van der Waals surface area (Å²) in [7, 11) is 1.59. The number of ether oxygens (including phenoxy) is 1. The second kappa shape index (κ2) is 2.73. The summed E-state index contributed by atoms with van der Waals surface area (Å²) in [6.45, 7) is 0. The fraction of sp³-hybridized carbons (Fsp3) is 0.125. The van der Waals surface area contributed by atoms with Gasteiger partial charge in [-0.15, -0.1) is 0 Å². The van der Waals surface area contributed by atoms with Crippen LogP contribution in [0.2, 0.25) is 0 Å². The van der Waals surface area contributed by atoms with Gasteiger partial charge in [0.25, 0.3) is 0 Å². The molecule has 0 fully saturated rings. The summed E-state index contributed by atoms with van der Waals surface area (Å²) in [6, 6.07) is 0. The molecule has 0 bridgehead atoms. The molecule has 2 aromatic heterocycles. The number of nitrogens with zero attached hydrogens (tertiary/aromatic N) is 3. The largest absolute Gasteiger partial charge is 0.493 e. The lowest BCUT2D eigenvalue weighted by Crippen LogP contribution is -1.89. The summed E-state index contributed by atoms with van der Waals surface area (Å²) >= 11 is 0. The SMILES string of the molecule is COc1cncc2nccnc12. The summed E-state index contributed by atoms with van der Waals surface area (Å²) in [5.74, 6) is 0.653. The molecule has 0 aromatic carbocycles. The van der Waals surface area contributed by atoms with E-state index in [4.69, 9.17) is 4.74 Å². The smallest absolute Gasteiger partial charge is 0.164 e. The van der Waals surface area contributed by atoms with Crippen LogP contribution < -0.4 is 4.74 Å². The van der Waals surface area contributed by atoms with Crippen LogP contribution >= 0.6 is 0 Å². The van der Waals surface area contributed by atoms with E-state index >= 15 is 0 Å². The fourth-order valence-corrected chi connectivity index (χ4v) is 1.02. The van der Waals surface area contributed by atoms with E-state index in [9.17, 15) is 0 Å². The van der Waals surface area contributed by atoms with Gasteiger partial charge in [0.2, 0.25) is 0 Å². The van der Waals surface area contributed by atoms with Crippen LogP contribution in [-0.2, 0) is 0 Å². The number of hydrogen-bond acceptors (Lipinski definition) is 4. The maximum atomic E-state index is 5.06. The third kappa shape index (κ3) is 0.972. The van der Waals surface area contributed by atoms with Crippen molar-refractivity contribution >= 4 is 11.0 Å². The number of hydrogen-bond donors (Lipinski definition) is 0. The van der Waals surface area contributed by atoms with Crippen molar-refractivity contribution < 1.29 is 4.74 Å². The van der Waals surface area contributed by atoms with Crippen molar-refractivity contribution in [3.8, 4) is 5.75 Å². The number of fused-ring (bicyclic) bond motifs is 1. The molecule has 0 radical (unpaired) electrons. The highest BCUT2D eigenvalue weighted by molar-refractivity contribution is 5.78. The number of aromatic nitrogens is 3. The number of methoxy groups -OCH3 is 1. The molecule has 4 nitrogen and oxygen atoms in total. The normalized spacial score (nSPS) is 10.1. The molecule has 0 aliphatic carbocycles. The summed E-state index contributed by atoms with van der Waals surface area (Å²) in [5.41, 5.74) is 1.49. The quantitative estimate of drug-likeness (QED) is 0.626. The highest BCUT2D eigenvalue weighted by atomic mass is 16.5. The van der Waals surface area contributed by atoms with Crippen molar-refractivity contribution in [1.82, 2.24) is 15.0 Å². The van der Waals surface area contributed by atoms with Crippen molar-refractivity contribution in [3.05, 3.63) is 24.8 Å². The standard InChI is InChI=1S/C8H7N3O/c1-12-7-5-9-4-6-8(7)11-3-2-10-6/h2-5H,1H3. The van der Waals surface area contributed by atoms with Gasteiger partial charge in [-0.05, 0) is 0 Å². The van der Waals surface area contributed by atoms with Gasteiger partial charge in [0.1, 0.15) is 11.0 Å². The molecule has 0 amide bonds. The van der Waals surface area contributed by atoms with Crippen LogP contribution in [0.1, 0.15) is 0 Å². The highest BCUT2D eigenvalue weighted by Crippen LogP contribution is 2.18. The first-order valence-electron chi connectivity index (χ1n) is 3.50. The Morgan fingerprint density at radius 1 is 1.17 bits per heavy atom. The van der Waals surface area contributed by atoms with Gasteiger partial charge in [0.05, 0.1) is 19.5 Å². The number of rotatable bonds is 1. The lowest BCUT2D eigenvalue weighted by molar-refractivity contribution is 0.417. The van der Waals surface area contributed by atoms with Gasteiger partial charge in [-0.25, -0.2) is 4.98 Å². The van der Waals surface area contributed by atoms with Crippen molar-refractivity contribution in [2.45, 2.75) is 0 Å². The molecule has 0 aliphatic rings. The second-order valence-electron chi connectivity index (χ2n) is 2.27. The van der Waals surface area contributed by atoms with Crippen LogP contribution in [0.3, 0.4) is 0 Å². The summed E-state index contributed by atoms with van der Waals surface area (Å²) in [5, 5.41) is 0. The van der Waals surface area contributed by atoms with Gasteiger partial charge in [-0.2, -0.15) is 0 Å². The minimum Gasteiger partial charge on any atom is -0.493 e. The zero-order valence-electron chi connectivity index (χ0n) is 6.56. The van der Waals surface area contributed by atoms with Gasteiger partial charge in [-0.3, -0.25) is 9.97 Å². The second-order valence-corrected chi connectivity index (χ2v) is 2.27. The van der Waals surface area contributed by atoms with Crippen molar-refractivity contribution in [2.24, 2.45) is 0 Å². The van der Waals surface area contributed by atoms with E-state index in [1.807, 2.05) is 0 Å². The lowest BCUT2D eigenvalue weighted by atomic mass is 10.4. The highest BCUT2D eigenvalue weighted by Gasteiger charge is 2.01. The summed E-state index contributed by atoms with van der Waals surface area (Å²) < 4.78 is 5.06. The molecule has 2 aromatic rings. The van der Waals surface area contributed by atoms with Crippen LogP contribution in [0.5, 0.6) is 5.75 Å². The van der Waals surface area contributed by atoms with Gasteiger partial charge < -0.3 is 4.74 Å². The summed E-state index contributed by atoms with van der Waals surface area (Å²) in [4.78, 5) is 12.2. The van der Waals surface area contributed by atoms with Crippen molar-refractivity contribution in [3.63, 3.8) is 0 Å². The van der Waals surface area contributed by atoms with E-state index < -0.39 is 0 Å². The van der Waals surface area contributed by atoms with E-state index in [2.05, 4.69) is 15.0 Å². The van der Waals surface area contributed by atoms with Crippen LogP contribution in [0.4, 0.5) is 0 Å². The van der Waals surface area contributed by atoms with Crippen LogP contribution in [0, 0.1) is 0 Å². The zero-order valence-corrected chi connectivity index (χ0v) is 6.56. The first kappa shape index (κ1) is 6.97. The molecule has 60 valence electrons. The Labute approximate surface area is 69.3 Å². The first-order valence-corrected chi connectivity index (χ1v) is 3.50. The Balaban J connectivity index is 2.79.